The third-order valence-electron chi connectivity index (χ3n) is 5.62. The van der Waals surface area contributed by atoms with Crippen molar-refractivity contribution in [1.29, 1.82) is 0 Å². The lowest BCUT2D eigenvalue weighted by molar-refractivity contribution is 0.0764. The second-order valence-corrected chi connectivity index (χ2v) is 7.44. The van der Waals surface area contributed by atoms with Gasteiger partial charge in [0.1, 0.15) is 18.0 Å². The van der Waals surface area contributed by atoms with Crippen LogP contribution in [0.15, 0.2) is 48.5 Å². The van der Waals surface area contributed by atoms with E-state index >= 15 is 0 Å². The fraction of sp³-hybridized carbons (Fsp3) is 0.261. The Hall–Kier alpha value is -3.32. The zero-order chi connectivity index (χ0) is 20.8. The van der Waals surface area contributed by atoms with Crippen molar-refractivity contribution in [2.75, 3.05) is 27.0 Å². The minimum absolute atomic E-state index is 0.00642. The molecule has 2 atom stereocenters. The fourth-order valence-corrected chi connectivity index (χ4v) is 4.05. The summed E-state index contributed by atoms with van der Waals surface area (Å²) in [6.45, 7) is 0.0901. The summed E-state index contributed by atoms with van der Waals surface area (Å²) in [6.07, 6.45) is -2.53. The molecule has 1 N–H and O–H groups in total. The van der Waals surface area contributed by atoms with Gasteiger partial charge in [0.25, 0.3) is 5.91 Å². The number of hydrogen-bond acceptors (Lipinski definition) is 5. The highest BCUT2D eigenvalue weighted by Crippen LogP contribution is 2.44. The van der Waals surface area contributed by atoms with Crippen molar-refractivity contribution in [1.82, 2.24) is 4.90 Å². The smallest absolute Gasteiger partial charge is 0.254 e. The predicted octanol–water partition coefficient (Wildman–Crippen LogP) is 3.40. The minimum atomic E-state index is -1.40. The molecule has 0 saturated carbocycles. The predicted molar refractivity (Wildman–Crippen MR) is 109 cm³/mol. The van der Waals surface area contributed by atoms with Gasteiger partial charge in [-0.15, -0.1) is 0 Å². The molecule has 2 aliphatic heterocycles. The van der Waals surface area contributed by atoms with Crippen LogP contribution in [0.1, 0.15) is 10.4 Å². The fourth-order valence-electron chi connectivity index (χ4n) is 4.05. The number of fused-ring (bicyclic) bond motifs is 2. The van der Waals surface area contributed by atoms with Gasteiger partial charge in [-0.3, -0.25) is 4.79 Å². The molecular formula is C23H20FNO5. The van der Waals surface area contributed by atoms with Crippen molar-refractivity contribution in [2.24, 2.45) is 0 Å². The highest BCUT2D eigenvalue weighted by molar-refractivity contribution is 6.03. The number of carbonyl (C=O) groups excluding carboxylic acids is 1. The van der Waals surface area contributed by atoms with Crippen molar-refractivity contribution in [2.45, 2.75) is 12.3 Å². The van der Waals surface area contributed by atoms with Crippen LogP contribution in [0.2, 0.25) is 0 Å². The van der Waals surface area contributed by atoms with Gasteiger partial charge in [-0.2, -0.15) is 0 Å². The number of alkyl halides is 1. The average molecular weight is 409 g/mol. The second kappa shape index (κ2) is 7.18. The summed E-state index contributed by atoms with van der Waals surface area (Å²) in [4.78, 5) is 14.1. The summed E-state index contributed by atoms with van der Waals surface area (Å²) in [5, 5.41) is 11.4. The zero-order valence-electron chi connectivity index (χ0n) is 16.3. The van der Waals surface area contributed by atoms with Crippen LogP contribution >= 0.6 is 0 Å². The Morgan fingerprint density at radius 3 is 2.63 bits per heavy atom. The maximum atomic E-state index is 13.6. The van der Waals surface area contributed by atoms with E-state index in [1.807, 2.05) is 30.3 Å². The van der Waals surface area contributed by atoms with Crippen molar-refractivity contribution in [3.63, 3.8) is 0 Å². The summed E-state index contributed by atoms with van der Waals surface area (Å²) >= 11 is 0. The van der Waals surface area contributed by atoms with Crippen LogP contribution < -0.4 is 14.2 Å². The van der Waals surface area contributed by atoms with E-state index in [9.17, 15) is 14.3 Å². The van der Waals surface area contributed by atoms with Crippen LogP contribution in [0.3, 0.4) is 0 Å². The molecule has 3 aromatic carbocycles. The van der Waals surface area contributed by atoms with Crippen molar-refractivity contribution in [3.8, 4) is 28.4 Å². The summed E-state index contributed by atoms with van der Waals surface area (Å²) in [6, 6.07) is 14.9. The summed E-state index contributed by atoms with van der Waals surface area (Å²) < 4.78 is 30.2. The Labute approximate surface area is 172 Å². The van der Waals surface area contributed by atoms with Crippen LogP contribution in [0.4, 0.5) is 4.39 Å². The van der Waals surface area contributed by atoms with E-state index in [-0.39, 0.29) is 25.8 Å². The monoisotopic (exact) mass is 409 g/mol. The largest absolute Gasteiger partial charge is 0.496 e. The first-order valence-electron chi connectivity index (χ1n) is 9.67. The molecule has 2 aliphatic rings. The highest BCUT2D eigenvalue weighted by Gasteiger charge is 2.34. The number of β-amino-alcohol motifs (C(OH)–C–C–N with tert-alkyl or cyclic N) is 1. The molecule has 0 aliphatic carbocycles. The molecule has 1 amide bonds. The molecule has 154 valence electrons. The third-order valence-corrected chi connectivity index (χ3v) is 5.62. The Morgan fingerprint density at radius 2 is 1.90 bits per heavy atom. The van der Waals surface area contributed by atoms with Crippen LogP contribution in [0.5, 0.6) is 17.2 Å². The van der Waals surface area contributed by atoms with E-state index in [0.717, 1.165) is 21.9 Å². The molecule has 1 saturated heterocycles. The van der Waals surface area contributed by atoms with E-state index < -0.39 is 12.3 Å². The number of nitrogens with zero attached hydrogens (tertiary/aromatic N) is 1. The Kier molecular flexibility index (Phi) is 4.47. The average Bonchev–Trinajstić information content (AvgIpc) is 3.36. The van der Waals surface area contributed by atoms with Crippen LogP contribution in [-0.4, -0.2) is 55.2 Å². The number of halogens is 1. The maximum absolute atomic E-state index is 13.6. The van der Waals surface area contributed by atoms with E-state index in [0.29, 0.717) is 22.8 Å². The van der Waals surface area contributed by atoms with Crippen molar-refractivity contribution >= 4 is 16.7 Å². The second-order valence-electron chi connectivity index (χ2n) is 7.44. The van der Waals surface area contributed by atoms with Crippen LogP contribution in [0, 0.1) is 0 Å². The maximum Gasteiger partial charge on any atom is 0.254 e. The summed E-state index contributed by atoms with van der Waals surface area (Å²) in [5.41, 5.74) is 2.25. The van der Waals surface area contributed by atoms with Gasteiger partial charge in [0.05, 0.1) is 13.7 Å². The molecule has 30 heavy (non-hydrogen) atoms. The van der Waals surface area contributed by atoms with Gasteiger partial charge < -0.3 is 24.2 Å². The van der Waals surface area contributed by atoms with Gasteiger partial charge >= 0.3 is 0 Å². The quantitative estimate of drug-likeness (QED) is 0.718. The molecule has 6 nitrogen and oxygen atoms in total. The molecule has 3 aromatic rings. The minimum Gasteiger partial charge on any atom is -0.496 e. The lowest BCUT2D eigenvalue weighted by Crippen LogP contribution is -2.29. The number of aliphatic hydroxyl groups is 1. The van der Waals surface area contributed by atoms with Gasteiger partial charge in [0, 0.05) is 23.7 Å². The number of carbonyl (C=O) groups is 1. The Morgan fingerprint density at radius 1 is 1.10 bits per heavy atom. The summed E-state index contributed by atoms with van der Waals surface area (Å²) in [7, 11) is 1.60. The highest BCUT2D eigenvalue weighted by atomic mass is 19.1. The summed E-state index contributed by atoms with van der Waals surface area (Å²) in [5.74, 6) is 1.67. The lowest BCUT2D eigenvalue weighted by Gasteiger charge is -2.16. The van der Waals surface area contributed by atoms with Gasteiger partial charge in [0.15, 0.2) is 11.5 Å². The number of hydrogen-bond donors (Lipinski definition) is 1. The molecule has 2 heterocycles. The van der Waals surface area contributed by atoms with Gasteiger partial charge in [-0.25, -0.2) is 4.39 Å². The van der Waals surface area contributed by atoms with Gasteiger partial charge in [0.2, 0.25) is 6.79 Å². The number of amides is 1. The number of aliphatic hydroxyl groups excluding tert-OH is 1. The SMILES string of the molecule is COc1cc2c(cc1-c1cccc3cc(C(=O)N4C[C@@H](O)[C@H](F)C4)ccc13)OCO2. The Bertz CT molecular complexity index is 1140. The van der Waals surface area contributed by atoms with E-state index in [2.05, 4.69) is 0 Å². The molecule has 0 unspecified atom stereocenters. The van der Waals surface area contributed by atoms with Gasteiger partial charge in [-0.1, -0.05) is 24.3 Å². The normalized spacial score (nSPS) is 20.0. The number of benzene rings is 3. The van der Waals surface area contributed by atoms with Crippen LogP contribution in [-0.2, 0) is 0 Å². The van der Waals surface area contributed by atoms with E-state index in [4.69, 9.17) is 14.2 Å². The molecule has 0 aromatic heterocycles. The van der Waals surface area contributed by atoms with Crippen LogP contribution in [0.25, 0.3) is 21.9 Å². The first-order chi connectivity index (χ1) is 14.5. The molecule has 1 fully saturated rings. The first-order valence-corrected chi connectivity index (χ1v) is 9.67. The molecule has 0 bridgehead atoms. The molecule has 0 spiro atoms. The van der Waals surface area contributed by atoms with Gasteiger partial charge in [-0.05, 0) is 34.5 Å². The number of likely N-dealkylation sites (tertiary alicyclic amines) is 1. The third kappa shape index (κ3) is 3.02. The molecular weight excluding hydrogens is 389 g/mol. The number of methoxy groups -OCH3 is 1. The standard InChI is InChI=1S/C23H20FNO5/c1-28-20-9-22-21(29-12-30-22)8-17(20)16-4-2-3-13-7-14(5-6-15(13)16)23(27)25-10-18(24)19(26)11-25/h2-9,18-19,26H,10-12H2,1H3/t18-,19-/m1/s1. The first kappa shape index (κ1) is 18.7. The Balaban J connectivity index is 1.55. The lowest BCUT2D eigenvalue weighted by atomic mass is 9.95. The topological polar surface area (TPSA) is 68.2 Å². The molecule has 0 radical (unpaired) electrons. The van der Waals surface area contributed by atoms with E-state index in [1.54, 1.807) is 25.3 Å². The molecule has 7 heteroatoms. The molecule has 5 rings (SSSR count). The van der Waals surface area contributed by atoms with Crippen molar-refractivity contribution < 1.29 is 28.5 Å². The zero-order valence-corrected chi connectivity index (χ0v) is 16.3. The van der Waals surface area contributed by atoms with Crippen molar-refractivity contribution in [3.05, 3.63) is 54.1 Å². The number of ether oxygens (including phenoxy) is 3. The van der Waals surface area contributed by atoms with E-state index in [1.165, 1.54) is 4.90 Å². The number of rotatable bonds is 3.